The van der Waals surface area contributed by atoms with E-state index in [0.29, 0.717) is 18.9 Å². The first-order chi connectivity index (χ1) is 13.9. The number of H-pyrrole nitrogens is 1. The van der Waals surface area contributed by atoms with Crippen LogP contribution < -0.4 is 4.90 Å². The fraction of sp³-hybridized carbons (Fsp3) is 0.300. The lowest BCUT2D eigenvalue weighted by Crippen LogP contribution is -2.48. The van der Waals surface area contributed by atoms with Gasteiger partial charge in [-0.15, -0.1) is 0 Å². The van der Waals surface area contributed by atoms with Crippen molar-refractivity contribution in [2.75, 3.05) is 31.1 Å². The lowest BCUT2D eigenvalue weighted by Gasteiger charge is -2.40. The number of anilines is 1. The highest BCUT2D eigenvalue weighted by molar-refractivity contribution is 9.10. The molecule has 29 heavy (non-hydrogen) atoms. The van der Waals surface area contributed by atoms with Crippen LogP contribution in [0.1, 0.15) is 22.7 Å². The summed E-state index contributed by atoms with van der Waals surface area (Å²) in [5.74, 6) is 0.568. The SMILES string of the molecule is FC(F)(F)c1ccc(N2CCN(C(c3cn[nH]c3)c3ccccc3Br)CC2)nc1. The predicted molar refractivity (Wildman–Crippen MR) is 108 cm³/mol. The second kappa shape index (κ2) is 8.16. The topological polar surface area (TPSA) is 48.0 Å². The highest BCUT2D eigenvalue weighted by Crippen LogP contribution is 2.34. The molecule has 0 radical (unpaired) electrons. The maximum atomic E-state index is 12.8. The average molecular weight is 466 g/mol. The van der Waals surface area contributed by atoms with Crippen molar-refractivity contribution in [1.82, 2.24) is 20.1 Å². The Hall–Kier alpha value is -2.39. The zero-order valence-corrected chi connectivity index (χ0v) is 17.0. The number of halogens is 4. The van der Waals surface area contributed by atoms with Crippen LogP contribution in [0.25, 0.3) is 0 Å². The molecule has 0 amide bonds. The van der Waals surface area contributed by atoms with Crippen LogP contribution >= 0.6 is 15.9 Å². The van der Waals surface area contributed by atoms with Gasteiger partial charge >= 0.3 is 6.18 Å². The molecule has 0 saturated carbocycles. The van der Waals surface area contributed by atoms with Crippen LogP contribution in [0.4, 0.5) is 19.0 Å². The summed E-state index contributed by atoms with van der Waals surface area (Å²) in [5.41, 5.74) is 1.49. The quantitative estimate of drug-likeness (QED) is 0.616. The molecule has 152 valence electrons. The number of hydrogen-bond acceptors (Lipinski definition) is 4. The van der Waals surface area contributed by atoms with Crippen molar-refractivity contribution in [3.05, 3.63) is 76.2 Å². The van der Waals surface area contributed by atoms with E-state index in [-0.39, 0.29) is 6.04 Å². The molecule has 1 unspecified atom stereocenters. The zero-order valence-electron chi connectivity index (χ0n) is 15.4. The van der Waals surface area contributed by atoms with Gasteiger partial charge in [0.25, 0.3) is 0 Å². The number of hydrogen-bond donors (Lipinski definition) is 1. The lowest BCUT2D eigenvalue weighted by molar-refractivity contribution is -0.137. The van der Waals surface area contributed by atoms with Crippen LogP contribution in [0.2, 0.25) is 0 Å². The van der Waals surface area contributed by atoms with E-state index in [0.717, 1.165) is 41.0 Å². The number of aromatic nitrogens is 3. The molecule has 0 bridgehead atoms. The Bertz CT molecular complexity index is 936. The molecule has 1 N–H and O–H groups in total. The van der Waals surface area contributed by atoms with E-state index in [2.05, 4.69) is 42.1 Å². The number of piperazine rings is 1. The van der Waals surface area contributed by atoms with Crippen LogP contribution in [0.5, 0.6) is 0 Å². The third-order valence-electron chi connectivity index (χ3n) is 5.11. The van der Waals surface area contributed by atoms with Gasteiger partial charge in [0.2, 0.25) is 0 Å². The van der Waals surface area contributed by atoms with Crippen molar-refractivity contribution in [3.8, 4) is 0 Å². The van der Waals surface area contributed by atoms with Crippen molar-refractivity contribution in [2.24, 2.45) is 0 Å². The third kappa shape index (κ3) is 4.30. The maximum Gasteiger partial charge on any atom is 0.417 e. The minimum absolute atomic E-state index is 0.0343. The van der Waals surface area contributed by atoms with Gasteiger partial charge in [-0.25, -0.2) is 4.98 Å². The molecule has 1 aliphatic rings. The van der Waals surface area contributed by atoms with E-state index in [4.69, 9.17) is 0 Å². The van der Waals surface area contributed by atoms with E-state index in [1.807, 2.05) is 35.5 Å². The number of pyridine rings is 1. The molecule has 1 saturated heterocycles. The van der Waals surface area contributed by atoms with Crippen LogP contribution in [-0.2, 0) is 6.18 Å². The van der Waals surface area contributed by atoms with Gasteiger partial charge in [0.1, 0.15) is 5.82 Å². The highest BCUT2D eigenvalue weighted by atomic mass is 79.9. The average Bonchev–Trinajstić information content (AvgIpc) is 3.24. The molecular weight excluding hydrogens is 447 g/mol. The summed E-state index contributed by atoms with van der Waals surface area (Å²) in [7, 11) is 0. The second-order valence-corrected chi connectivity index (χ2v) is 7.74. The summed E-state index contributed by atoms with van der Waals surface area (Å²) in [6.07, 6.45) is 0.254. The first kappa shape index (κ1) is 19.9. The number of nitrogens with zero attached hydrogens (tertiary/aromatic N) is 4. The Labute approximate surface area is 174 Å². The molecule has 0 spiro atoms. The molecule has 1 aliphatic heterocycles. The summed E-state index contributed by atoms with van der Waals surface area (Å²) in [4.78, 5) is 8.40. The molecule has 0 aliphatic carbocycles. The van der Waals surface area contributed by atoms with Crippen molar-refractivity contribution < 1.29 is 13.2 Å². The molecule has 5 nitrogen and oxygen atoms in total. The standard InChI is InChI=1S/C20H19BrF3N5/c21-17-4-2-1-3-16(17)19(14-11-26-27-12-14)29-9-7-28(8-10-29)18-6-5-15(13-25-18)20(22,23)24/h1-6,11-13,19H,7-10H2,(H,26,27). The largest absolute Gasteiger partial charge is 0.417 e. The Morgan fingerprint density at radius 2 is 1.76 bits per heavy atom. The summed E-state index contributed by atoms with van der Waals surface area (Å²) in [5, 5.41) is 6.99. The van der Waals surface area contributed by atoms with Crippen molar-refractivity contribution in [3.63, 3.8) is 0 Å². The monoisotopic (exact) mass is 465 g/mol. The van der Waals surface area contributed by atoms with Crippen LogP contribution in [-0.4, -0.2) is 46.3 Å². The van der Waals surface area contributed by atoms with Crippen LogP contribution in [0, 0.1) is 0 Å². The van der Waals surface area contributed by atoms with Crippen molar-refractivity contribution in [2.45, 2.75) is 12.2 Å². The highest BCUT2D eigenvalue weighted by Gasteiger charge is 2.32. The predicted octanol–water partition coefficient (Wildman–Crippen LogP) is 4.50. The number of aromatic amines is 1. The molecule has 9 heteroatoms. The van der Waals surface area contributed by atoms with Gasteiger partial charge in [0, 0.05) is 48.6 Å². The summed E-state index contributed by atoms with van der Waals surface area (Å²) in [6.45, 7) is 2.86. The van der Waals surface area contributed by atoms with Gasteiger partial charge in [-0.2, -0.15) is 18.3 Å². The first-order valence-electron chi connectivity index (χ1n) is 9.19. The Morgan fingerprint density at radius 1 is 1.00 bits per heavy atom. The van der Waals surface area contributed by atoms with E-state index < -0.39 is 11.7 Å². The number of rotatable bonds is 4. The Balaban J connectivity index is 1.51. The number of nitrogens with one attached hydrogen (secondary N) is 1. The number of alkyl halides is 3. The summed E-state index contributed by atoms with van der Waals surface area (Å²) < 4.78 is 39.3. The van der Waals surface area contributed by atoms with Gasteiger partial charge in [-0.3, -0.25) is 10.00 Å². The first-order valence-corrected chi connectivity index (χ1v) is 9.98. The van der Waals surface area contributed by atoms with Gasteiger partial charge in [0.15, 0.2) is 0 Å². The minimum Gasteiger partial charge on any atom is -0.354 e. The van der Waals surface area contributed by atoms with E-state index in [9.17, 15) is 13.2 Å². The molecule has 3 heterocycles. The molecule has 1 fully saturated rings. The molecule has 3 aromatic rings. The van der Waals surface area contributed by atoms with Gasteiger partial charge < -0.3 is 4.90 Å². The van der Waals surface area contributed by atoms with Gasteiger partial charge in [-0.05, 0) is 23.8 Å². The van der Waals surface area contributed by atoms with Gasteiger partial charge in [-0.1, -0.05) is 34.1 Å². The smallest absolute Gasteiger partial charge is 0.354 e. The molecule has 1 atom stereocenters. The fourth-order valence-electron chi connectivity index (χ4n) is 3.64. The third-order valence-corrected chi connectivity index (χ3v) is 5.84. The minimum atomic E-state index is -4.37. The zero-order chi connectivity index (χ0) is 20.4. The lowest BCUT2D eigenvalue weighted by atomic mass is 9.99. The van der Waals surface area contributed by atoms with E-state index in [1.165, 1.54) is 6.07 Å². The summed E-state index contributed by atoms with van der Waals surface area (Å²) >= 11 is 3.65. The molecular formula is C20H19BrF3N5. The summed E-state index contributed by atoms with van der Waals surface area (Å²) in [6, 6.07) is 10.7. The fourth-order valence-corrected chi connectivity index (χ4v) is 4.15. The van der Waals surface area contributed by atoms with Crippen molar-refractivity contribution >= 4 is 21.7 Å². The number of benzene rings is 1. The second-order valence-electron chi connectivity index (χ2n) is 6.88. The van der Waals surface area contributed by atoms with Crippen molar-refractivity contribution in [1.29, 1.82) is 0 Å². The van der Waals surface area contributed by atoms with Gasteiger partial charge in [0.05, 0.1) is 17.8 Å². The molecule has 4 rings (SSSR count). The van der Waals surface area contributed by atoms with Crippen LogP contribution in [0.3, 0.4) is 0 Å². The maximum absolute atomic E-state index is 12.8. The van der Waals surface area contributed by atoms with Crippen LogP contribution in [0.15, 0.2) is 59.5 Å². The van der Waals surface area contributed by atoms with E-state index >= 15 is 0 Å². The molecule has 1 aromatic carbocycles. The normalized spacial score (nSPS) is 16.8. The van der Waals surface area contributed by atoms with E-state index in [1.54, 1.807) is 0 Å². The Morgan fingerprint density at radius 3 is 2.34 bits per heavy atom. The Kier molecular flexibility index (Phi) is 5.60. The molecule has 2 aromatic heterocycles.